The molecule has 0 bridgehead atoms. The maximum Gasteiger partial charge on any atom is 0.312 e. The second-order valence-corrected chi connectivity index (χ2v) is 13.3. The van der Waals surface area contributed by atoms with E-state index in [4.69, 9.17) is 13.9 Å². The second-order valence-electron chi connectivity index (χ2n) is 12.3. The molecule has 7 rings (SSSR count). The van der Waals surface area contributed by atoms with Crippen molar-refractivity contribution in [1.29, 1.82) is 0 Å². The maximum absolute atomic E-state index is 14.5. The predicted octanol–water partition coefficient (Wildman–Crippen LogP) is 5.32. The van der Waals surface area contributed by atoms with Gasteiger partial charge >= 0.3 is 5.97 Å². The number of amides is 1. The highest BCUT2D eigenvalue weighted by Gasteiger charge is 2.45. The zero-order valence-electron chi connectivity index (χ0n) is 26.6. The normalized spacial score (nSPS) is 16.8. The Balaban J connectivity index is 1.09. The topological polar surface area (TPSA) is 135 Å². The van der Waals surface area contributed by atoms with Crippen LogP contribution in [0.4, 0.5) is 8.78 Å². The summed E-state index contributed by atoms with van der Waals surface area (Å²) in [4.78, 5) is 46.6. The van der Waals surface area contributed by atoms with Crippen molar-refractivity contribution in [3.63, 3.8) is 0 Å². The molecule has 0 saturated carbocycles. The molecule has 1 fully saturated rings. The number of ether oxygens (including phenoxy) is 2. The number of oxazole rings is 1. The van der Waals surface area contributed by atoms with E-state index < -0.39 is 34.4 Å². The third-order valence-corrected chi connectivity index (χ3v) is 9.62. The van der Waals surface area contributed by atoms with Crippen LogP contribution in [0.5, 0.6) is 5.75 Å². The molecule has 0 radical (unpaired) electrons. The van der Waals surface area contributed by atoms with Gasteiger partial charge in [0.15, 0.2) is 17.3 Å². The lowest BCUT2D eigenvalue weighted by Crippen LogP contribution is -2.49. The van der Waals surface area contributed by atoms with Crippen molar-refractivity contribution in [2.24, 2.45) is 5.41 Å². The third kappa shape index (κ3) is 6.00. The predicted molar refractivity (Wildman–Crippen MR) is 175 cm³/mol. The Morgan fingerprint density at radius 2 is 1.96 bits per heavy atom. The van der Waals surface area contributed by atoms with E-state index in [0.717, 1.165) is 16.1 Å². The molecule has 12 nitrogen and oxygen atoms in total. The zero-order chi connectivity index (χ0) is 34.4. The molecule has 2 aliphatic rings. The molecule has 1 amide bonds. The fraction of sp³-hybridized carbons (Fsp3) is 0.353. The number of hydrogen-bond donors (Lipinski definition) is 0. The SMILES string of the molecule is CCOC(=O)C1(Cc2cn(Cc3ncc(-c4cccc(Br)c4)o3)nn2)CCN(C(=O)c2cn3c4c(c(F)c(F)cc4c2=O)OC[C@@H]3C)CC1. The first-order chi connectivity index (χ1) is 23.6. The standard InChI is InChI=1S/C34H31BrF2N6O6/c1-3-47-33(46)34(13-22-15-42(40-39-22)17-27-38-14-26(49-27)20-5-4-6-21(35)11-20)7-9-41(10-8-34)32(45)24-16-43-19(2)18-48-31-28(37)25(36)12-23(29(31)43)30(24)44/h4-6,11-12,14-16,19H,3,7-10,13,17-18H2,1-2H3/t19-/m0/s1. The van der Waals surface area contributed by atoms with E-state index >= 15 is 0 Å². The number of hydrogen-bond acceptors (Lipinski definition) is 9. The van der Waals surface area contributed by atoms with Gasteiger partial charge in [-0.3, -0.25) is 14.4 Å². The number of aromatic nitrogens is 5. The van der Waals surface area contributed by atoms with Gasteiger partial charge in [-0.2, -0.15) is 4.39 Å². The molecule has 1 saturated heterocycles. The summed E-state index contributed by atoms with van der Waals surface area (Å²) in [6.07, 6.45) is 5.47. The van der Waals surface area contributed by atoms with Crippen LogP contribution in [-0.4, -0.2) is 67.6 Å². The summed E-state index contributed by atoms with van der Waals surface area (Å²) in [6.45, 7) is 4.27. The molecule has 5 heterocycles. The minimum atomic E-state index is -1.23. The molecular formula is C34H31BrF2N6O6. The third-order valence-electron chi connectivity index (χ3n) is 9.12. The van der Waals surface area contributed by atoms with Crippen molar-refractivity contribution >= 4 is 38.7 Å². The van der Waals surface area contributed by atoms with E-state index in [0.29, 0.717) is 17.3 Å². The smallest absolute Gasteiger partial charge is 0.312 e. The van der Waals surface area contributed by atoms with Gasteiger partial charge in [0.1, 0.15) is 18.7 Å². The summed E-state index contributed by atoms with van der Waals surface area (Å²) >= 11 is 3.46. The number of halogens is 3. The molecule has 0 unspecified atom stereocenters. The van der Waals surface area contributed by atoms with Gasteiger partial charge in [-0.05, 0) is 44.9 Å². The number of piperidine rings is 1. The van der Waals surface area contributed by atoms with Crippen LogP contribution in [0.1, 0.15) is 54.7 Å². The largest absolute Gasteiger partial charge is 0.486 e. The van der Waals surface area contributed by atoms with Gasteiger partial charge in [0.05, 0.1) is 40.9 Å². The molecule has 1 atom stereocenters. The van der Waals surface area contributed by atoms with E-state index in [9.17, 15) is 23.2 Å². The summed E-state index contributed by atoms with van der Waals surface area (Å²) < 4.78 is 49.9. The van der Waals surface area contributed by atoms with Gasteiger partial charge in [-0.25, -0.2) is 14.1 Å². The lowest BCUT2D eigenvalue weighted by molar-refractivity contribution is -0.158. The number of likely N-dealkylation sites (tertiary alicyclic amines) is 1. The van der Waals surface area contributed by atoms with Gasteiger partial charge in [0.2, 0.25) is 17.1 Å². The van der Waals surface area contributed by atoms with Crippen LogP contribution in [0.25, 0.3) is 22.2 Å². The summed E-state index contributed by atoms with van der Waals surface area (Å²) in [7, 11) is 0. The fourth-order valence-corrected chi connectivity index (χ4v) is 6.93. The first-order valence-corrected chi connectivity index (χ1v) is 16.6. The molecule has 2 aromatic carbocycles. The van der Waals surface area contributed by atoms with Gasteiger partial charge in [-0.15, -0.1) is 5.10 Å². The molecule has 2 aliphatic heterocycles. The van der Waals surface area contributed by atoms with Crippen LogP contribution in [0, 0.1) is 17.0 Å². The van der Waals surface area contributed by atoms with E-state index in [1.807, 2.05) is 24.3 Å². The number of carbonyl (C=O) groups excluding carboxylic acids is 2. The first-order valence-electron chi connectivity index (χ1n) is 15.8. The Morgan fingerprint density at radius 3 is 2.71 bits per heavy atom. The zero-order valence-corrected chi connectivity index (χ0v) is 28.2. The van der Waals surface area contributed by atoms with Crippen LogP contribution >= 0.6 is 15.9 Å². The first kappa shape index (κ1) is 32.6. The van der Waals surface area contributed by atoms with Gasteiger partial charge in [-0.1, -0.05) is 33.3 Å². The molecule has 0 spiro atoms. The monoisotopic (exact) mass is 736 g/mol. The lowest BCUT2D eigenvalue weighted by atomic mass is 9.74. The second kappa shape index (κ2) is 12.8. The van der Waals surface area contributed by atoms with Crippen molar-refractivity contribution in [3.8, 4) is 17.1 Å². The molecule has 0 aliphatic carbocycles. The number of pyridine rings is 1. The number of benzene rings is 2. The molecular weight excluding hydrogens is 706 g/mol. The van der Waals surface area contributed by atoms with Crippen LogP contribution < -0.4 is 10.2 Å². The van der Waals surface area contributed by atoms with E-state index in [2.05, 4.69) is 31.2 Å². The summed E-state index contributed by atoms with van der Waals surface area (Å²) in [6, 6.07) is 8.14. The van der Waals surface area contributed by atoms with E-state index in [1.165, 1.54) is 11.1 Å². The molecule has 0 N–H and O–H groups in total. The van der Waals surface area contributed by atoms with E-state index in [1.54, 1.807) is 35.5 Å². The highest BCUT2D eigenvalue weighted by atomic mass is 79.9. The van der Waals surface area contributed by atoms with Crippen LogP contribution in [0.15, 0.2) is 62.6 Å². The van der Waals surface area contributed by atoms with Crippen molar-refractivity contribution in [1.82, 2.24) is 29.4 Å². The fourth-order valence-electron chi connectivity index (χ4n) is 6.53. The number of rotatable bonds is 8. The number of esters is 1. The Hall–Kier alpha value is -4.92. The molecule has 254 valence electrons. The molecule has 5 aromatic rings. The van der Waals surface area contributed by atoms with Gasteiger partial charge in [0.25, 0.3) is 5.91 Å². The molecule has 3 aromatic heterocycles. The Bertz CT molecular complexity index is 2150. The van der Waals surface area contributed by atoms with E-state index in [-0.39, 0.29) is 80.4 Å². The average molecular weight is 738 g/mol. The van der Waals surface area contributed by atoms with Gasteiger partial charge < -0.3 is 23.4 Å². The average Bonchev–Trinajstić information content (AvgIpc) is 3.75. The highest BCUT2D eigenvalue weighted by Crippen LogP contribution is 2.38. The minimum Gasteiger partial charge on any atom is -0.486 e. The molecule has 49 heavy (non-hydrogen) atoms. The van der Waals surface area contributed by atoms with Crippen molar-refractivity contribution in [3.05, 3.63) is 92.4 Å². The van der Waals surface area contributed by atoms with Crippen molar-refractivity contribution < 1.29 is 32.3 Å². The van der Waals surface area contributed by atoms with Gasteiger partial charge in [0, 0.05) is 41.9 Å². The van der Waals surface area contributed by atoms with Crippen LogP contribution in [0.2, 0.25) is 0 Å². The maximum atomic E-state index is 14.5. The highest BCUT2D eigenvalue weighted by molar-refractivity contribution is 9.10. The molecule has 15 heteroatoms. The number of carbonyl (C=O) groups is 2. The Labute approximate surface area is 286 Å². The van der Waals surface area contributed by atoms with Crippen LogP contribution in [0.3, 0.4) is 0 Å². The quantitative estimate of drug-likeness (QED) is 0.194. The summed E-state index contributed by atoms with van der Waals surface area (Å²) in [5.41, 5.74) is -0.338. The minimum absolute atomic E-state index is 0.0419. The lowest BCUT2D eigenvalue weighted by Gasteiger charge is -2.39. The Kier molecular flexibility index (Phi) is 8.55. The summed E-state index contributed by atoms with van der Waals surface area (Å²) in [5, 5.41) is 8.38. The Morgan fingerprint density at radius 1 is 1.16 bits per heavy atom. The van der Waals surface area contributed by atoms with Crippen molar-refractivity contribution in [2.75, 3.05) is 26.3 Å². The summed E-state index contributed by atoms with van der Waals surface area (Å²) in [5.74, 6) is -2.67. The van der Waals surface area contributed by atoms with Crippen LogP contribution in [-0.2, 0) is 22.5 Å². The number of nitrogens with zero attached hydrogens (tertiary/aromatic N) is 6. The van der Waals surface area contributed by atoms with Crippen molar-refractivity contribution in [2.45, 2.75) is 45.7 Å².